The molecule has 0 unspecified atom stereocenters. The number of benzene rings is 1. The summed E-state index contributed by atoms with van der Waals surface area (Å²) in [5, 5.41) is 0. The van der Waals surface area contributed by atoms with Gasteiger partial charge in [-0.3, -0.25) is 0 Å². The van der Waals surface area contributed by atoms with E-state index in [0.717, 1.165) is 12.1 Å². The van der Waals surface area contributed by atoms with Gasteiger partial charge >= 0.3 is 29.6 Å². The van der Waals surface area contributed by atoms with Crippen LogP contribution in [-0.4, -0.2) is 19.6 Å². The zero-order valence-electron chi connectivity index (χ0n) is 8.78. The Labute approximate surface area is 118 Å². The van der Waals surface area contributed by atoms with E-state index in [4.69, 9.17) is 0 Å². The van der Waals surface area contributed by atoms with Gasteiger partial charge in [0.2, 0.25) is 0 Å². The van der Waals surface area contributed by atoms with Crippen LogP contribution in [0.25, 0.3) is 5.83 Å². The van der Waals surface area contributed by atoms with Crippen molar-refractivity contribution < 1.29 is 55.7 Å². The summed E-state index contributed by atoms with van der Waals surface area (Å²) < 4.78 is 69.8. The van der Waals surface area contributed by atoms with E-state index in [1.54, 1.807) is 0 Å². The first-order valence-electron chi connectivity index (χ1n) is 4.03. The predicted octanol–water partition coefficient (Wildman–Crippen LogP) is -0.828. The largest absolute Gasteiger partial charge is 1.00 e. The molecule has 8 heteroatoms. The molecule has 0 aliphatic rings. The van der Waals surface area contributed by atoms with E-state index in [1.165, 1.54) is 12.1 Å². The Hall–Kier alpha value is -0.340. The van der Waals surface area contributed by atoms with Gasteiger partial charge in [0.1, 0.15) is 16.8 Å². The van der Waals surface area contributed by atoms with Crippen molar-refractivity contribution in [3.8, 4) is 0 Å². The molecule has 0 spiro atoms. The maximum absolute atomic E-state index is 13.2. The number of allylic oxidation sites excluding steroid dienone is 1. The molecule has 0 atom stereocenters. The Morgan fingerprint density at radius 1 is 1.24 bits per heavy atom. The quantitative estimate of drug-likeness (QED) is 0.534. The predicted molar refractivity (Wildman–Crippen MR) is 49.5 cm³/mol. The molecule has 3 nitrogen and oxygen atoms in total. The van der Waals surface area contributed by atoms with Crippen LogP contribution >= 0.6 is 0 Å². The maximum Gasteiger partial charge on any atom is 1.00 e. The second-order valence-corrected chi connectivity index (χ2v) is 4.15. The smallest absolute Gasteiger partial charge is 0.744 e. The van der Waals surface area contributed by atoms with E-state index in [0.29, 0.717) is 0 Å². The van der Waals surface area contributed by atoms with Crippen molar-refractivity contribution in [2.75, 3.05) is 6.67 Å². The third-order valence-electron chi connectivity index (χ3n) is 1.75. The molecule has 0 fully saturated rings. The van der Waals surface area contributed by atoms with Gasteiger partial charge in [0.15, 0.2) is 11.7 Å². The Kier molecular flexibility index (Phi) is 6.42. The minimum Gasteiger partial charge on any atom is -0.744 e. The maximum atomic E-state index is 13.2. The van der Waals surface area contributed by atoms with Crippen LogP contribution in [0.3, 0.4) is 0 Å². The van der Waals surface area contributed by atoms with E-state index in [-0.39, 0.29) is 29.6 Å². The van der Waals surface area contributed by atoms with Crippen LogP contribution in [0.15, 0.2) is 35.0 Å². The van der Waals surface area contributed by atoms with Crippen LogP contribution < -0.4 is 29.6 Å². The minimum absolute atomic E-state index is 0. The van der Waals surface area contributed by atoms with Gasteiger partial charge in [0, 0.05) is 5.56 Å². The molecular formula is C9H6F3NaO3S. The second-order valence-electron chi connectivity index (χ2n) is 2.80. The first-order valence-corrected chi connectivity index (χ1v) is 5.44. The summed E-state index contributed by atoms with van der Waals surface area (Å²) in [5.41, 5.74) is -0.771. The molecule has 0 N–H and O–H groups in total. The third-order valence-corrected chi connectivity index (χ3v) is 2.64. The molecule has 17 heavy (non-hydrogen) atoms. The van der Waals surface area contributed by atoms with Crippen molar-refractivity contribution in [1.29, 1.82) is 0 Å². The molecule has 0 aromatic heterocycles. The number of alkyl halides is 1. The average Bonchev–Trinajstić information content (AvgIpc) is 2.26. The third kappa shape index (κ3) is 4.11. The molecule has 1 rings (SSSR count). The zero-order chi connectivity index (χ0) is 12.3. The molecule has 0 saturated heterocycles. The van der Waals surface area contributed by atoms with Crippen molar-refractivity contribution in [3.63, 3.8) is 0 Å². The summed E-state index contributed by atoms with van der Waals surface area (Å²) in [6.07, 6.45) is 0. The Bertz CT molecular complexity index is 528. The van der Waals surface area contributed by atoms with E-state index in [9.17, 15) is 26.1 Å². The second kappa shape index (κ2) is 6.55. The van der Waals surface area contributed by atoms with Gasteiger partial charge in [-0.1, -0.05) is 18.2 Å². The SMILES string of the molecule is O=S(=O)([O-])c1ccccc1/C(F)=C(/F)CF.[Na+]. The van der Waals surface area contributed by atoms with Crippen LogP contribution in [-0.2, 0) is 10.1 Å². The molecule has 0 amide bonds. The van der Waals surface area contributed by atoms with Crippen molar-refractivity contribution >= 4 is 15.9 Å². The summed E-state index contributed by atoms with van der Waals surface area (Å²) in [6, 6.07) is 4.09. The molecule has 1 aromatic rings. The Balaban J connectivity index is 0.00000256. The van der Waals surface area contributed by atoms with Gasteiger partial charge in [-0.2, -0.15) is 0 Å². The summed E-state index contributed by atoms with van der Waals surface area (Å²) >= 11 is 0. The molecule has 0 saturated carbocycles. The fourth-order valence-corrected chi connectivity index (χ4v) is 1.74. The first kappa shape index (κ1) is 16.7. The van der Waals surface area contributed by atoms with E-state index >= 15 is 0 Å². The molecule has 0 radical (unpaired) electrons. The standard InChI is InChI=1S/C9H7F3O3S.Na/c10-5-7(11)9(12)6-3-1-2-4-8(6)16(13,14)15;/h1-4H,5H2,(H,13,14,15);/q;+1/p-1/b9-7-;. The molecule has 0 bridgehead atoms. The minimum atomic E-state index is -4.93. The van der Waals surface area contributed by atoms with Crippen molar-refractivity contribution in [2.24, 2.45) is 0 Å². The summed E-state index contributed by atoms with van der Waals surface area (Å²) in [5.74, 6) is -3.44. The van der Waals surface area contributed by atoms with Crippen LogP contribution in [0.4, 0.5) is 13.2 Å². The fraction of sp³-hybridized carbons (Fsp3) is 0.111. The number of halogens is 3. The van der Waals surface area contributed by atoms with Crippen molar-refractivity contribution in [1.82, 2.24) is 0 Å². The topological polar surface area (TPSA) is 57.2 Å². The van der Waals surface area contributed by atoms with E-state index in [2.05, 4.69) is 0 Å². The molecule has 1 aromatic carbocycles. The van der Waals surface area contributed by atoms with Gasteiger partial charge < -0.3 is 4.55 Å². The number of hydrogen-bond donors (Lipinski definition) is 0. The fourth-order valence-electron chi connectivity index (χ4n) is 1.07. The van der Waals surface area contributed by atoms with Gasteiger partial charge in [-0.25, -0.2) is 21.6 Å². The molecular weight excluding hydrogens is 268 g/mol. The van der Waals surface area contributed by atoms with Crippen LogP contribution in [0.1, 0.15) is 5.56 Å². The van der Waals surface area contributed by atoms with Crippen LogP contribution in [0, 0.1) is 0 Å². The van der Waals surface area contributed by atoms with Crippen LogP contribution in [0.2, 0.25) is 0 Å². The van der Waals surface area contributed by atoms with E-state index in [1.807, 2.05) is 0 Å². The monoisotopic (exact) mass is 274 g/mol. The summed E-state index contributed by atoms with van der Waals surface area (Å²) in [4.78, 5) is -0.920. The van der Waals surface area contributed by atoms with Crippen LogP contribution in [0.5, 0.6) is 0 Å². The molecule has 0 aliphatic heterocycles. The normalized spacial score (nSPS) is 12.7. The van der Waals surface area contributed by atoms with Gasteiger partial charge in [0.25, 0.3) is 0 Å². The first-order chi connectivity index (χ1) is 7.38. The number of rotatable bonds is 3. The van der Waals surface area contributed by atoms with E-state index < -0.39 is 38.9 Å². The molecule has 0 aliphatic carbocycles. The van der Waals surface area contributed by atoms with Crippen molar-refractivity contribution in [3.05, 3.63) is 35.7 Å². The van der Waals surface area contributed by atoms with Gasteiger partial charge in [-0.05, 0) is 6.07 Å². The summed E-state index contributed by atoms with van der Waals surface area (Å²) in [7, 11) is -4.93. The average molecular weight is 274 g/mol. The zero-order valence-corrected chi connectivity index (χ0v) is 11.6. The number of hydrogen-bond acceptors (Lipinski definition) is 3. The molecule has 88 valence electrons. The summed E-state index contributed by atoms with van der Waals surface area (Å²) in [6.45, 7) is -1.71. The Morgan fingerprint density at radius 2 is 1.76 bits per heavy atom. The van der Waals surface area contributed by atoms with Gasteiger partial charge in [0.05, 0.1) is 4.90 Å². The molecule has 0 heterocycles. The van der Waals surface area contributed by atoms with Gasteiger partial charge in [-0.15, -0.1) is 0 Å². The van der Waals surface area contributed by atoms with Crippen molar-refractivity contribution in [2.45, 2.75) is 4.90 Å². The Morgan fingerprint density at radius 3 is 2.24 bits per heavy atom.